The minimum atomic E-state index is 0.935. The summed E-state index contributed by atoms with van der Waals surface area (Å²) >= 11 is 0. The number of benzene rings is 6. The monoisotopic (exact) mass is 422 g/mol. The molecule has 0 radical (unpaired) electrons. The molecule has 0 bridgehead atoms. The Hall–Kier alpha value is -4.10. The van der Waals surface area contributed by atoms with Gasteiger partial charge in [0, 0.05) is 10.8 Å². The second-order valence-electron chi connectivity index (χ2n) is 8.85. The van der Waals surface area contributed by atoms with Crippen molar-refractivity contribution in [3.8, 4) is 11.1 Å². The highest BCUT2D eigenvalue weighted by molar-refractivity contribution is 6.25. The summed E-state index contributed by atoms with van der Waals surface area (Å²) < 4.78 is 6.15. The first-order valence-electron chi connectivity index (χ1n) is 11.6. The van der Waals surface area contributed by atoms with E-state index >= 15 is 0 Å². The zero-order chi connectivity index (χ0) is 21.9. The number of rotatable bonds is 2. The highest BCUT2D eigenvalue weighted by atomic mass is 16.3. The van der Waals surface area contributed by atoms with Crippen LogP contribution in [0.4, 0.5) is 0 Å². The van der Waals surface area contributed by atoms with Gasteiger partial charge in [-0.05, 0) is 79.7 Å². The maximum absolute atomic E-state index is 6.15. The summed E-state index contributed by atoms with van der Waals surface area (Å²) in [5.41, 5.74) is 5.63. The Balaban J connectivity index is 1.50. The fraction of sp³-hybridized carbons (Fsp3) is 0.0625. The van der Waals surface area contributed by atoms with Gasteiger partial charge in [-0.15, -0.1) is 0 Å². The quantitative estimate of drug-likeness (QED) is 0.253. The first-order chi connectivity index (χ1) is 16.3. The molecule has 7 aromatic rings. The van der Waals surface area contributed by atoms with Crippen LogP contribution in [0.25, 0.3) is 65.4 Å². The van der Waals surface area contributed by atoms with Crippen molar-refractivity contribution >= 4 is 54.3 Å². The molecule has 0 saturated carbocycles. The number of aryl methyl sites for hydroxylation is 1. The summed E-state index contributed by atoms with van der Waals surface area (Å²) in [5, 5.41) is 10.2. The van der Waals surface area contributed by atoms with Gasteiger partial charge in [-0.25, -0.2) is 0 Å². The highest BCUT2D eigenvalue weighted by Crippen LogP contribution is 2.38. The molecule has 0 fully saturated rings. The predicted octanol–water partition coefficient (Wildman–Crippen LogP) is 9.27. The van der Waals surface area contributed by atoms with E-state index in [-0.39, 0.29) is 0 Å². The Kier molecular flexibility index (Phi) is 3.89. The van der Waals surface area contributed by atoms with Gasteiger partial charge in [0.2, 0.25) is 0 Å². The van der Waals surface area contributed by atoms with Gasteiger partial charge in [-0.2, -0.15) is 0 Å². The lowest BCUT2D eigenvalue weighted by atomic mass is 9.91. The first-order valence-corrected chi connectivity index (χ1v) is 11.6. The third-order valence-electron chi connectivity index (χ3n) is 7.02. The molecule has 0 saturated heterocycles. The standard InChI is InChI=1S/C32H22O/c1-2-20-11-14-25-26-15-12-21(18-30(26)24-8-4-3-7-23(24)29(25)17-20)22-13-16-28-27-9-5-6-10-31(27)33-32(28)19-22/h3-19H,2H2,1H3. The molecule has 0 unspecified atom stereocenters. The molecule has 0 amide bonds. The van der Waals surface area contributed by atoms with Gasteiger partial charge < -0.3 is 4.42 Å². The summed E-state index contributed by atoms with van der Waals surface area (Å²) in [6.07, 6.45) is 1.05. The van der Waals surface area contributed by atoms with Gasteiger partial charge in [0.05, 0.1) is 0 Å². The lowest BCUT2D eigenvalue weighted by molar-refractivity contribution is 0.669. The third-order valence-corrected chi connectivity index (χ3v) is 7.02. The number of furan rings is 1. The summed E-state index contributed by atoms with van der Waals surface area (Å²) in [7, 11) is 0. The number of fused-ring (bicyclic) bond motifs is 9. The Morgan fingerprint density at radius 2 is 1.00 bits per heavy atom. The van der Waals surface area contributed by atoms with E-state index in [1.807, 2.05) is 12.1 Å². The Morgan fingerprint density at radius 1 is 0.455 bits per heavy atom. The van der Waals surface area contributed by atoms with Crippen molar-refractivity contribution in [1.29, 1.82) is 0 Å². The maximum Gasteiger partial charge on any atom is 0.136 e. The fourth-order valence-electron chi connectivity index (χ4n) is 5.31. The molecule has 33 heavy (non-hydrogen) atoms. The van der Waals surface area contributed by atoms with Crippen LogP contribution in [-0.4, -0.2) is 0 Å². The van der Waals surface area contributed by atoms with Gasteiger partial charge in [-0.3, -0.25) is 0 Å². The highest BCUT2D eigenvalue weighted by Gasteiger charge is 2.12. The molecule has 1 heterocycles. The van der Waals surface area contributed by atoms with Crippen molar-refractivity contribution in [3.63, 3.8) is 0 Å². The Morgan fingerprint density at radius 3 is 1.76 bits per heavy atom. The molecule has 1 nitrogen and oxygen atoms in total. The number of para-hydroxylation sites is 1. The van der Waals surface area contributed by atoms with Crippen LogP contribution < -0.4 is 0 Å². The number of hydrogen-bond acceptors (Lipinski definition) is 1. The average molecular weight is 423 g/mol. The molecule has 1 aromatic heterocycles. The van der Waals surface area contributed by atoms with Crippen molar-refractivity contribution in [2.24, 2.45) is 0 Å². The van der Waals surface area contributed by atoms with Crippen LogP contribution in [0.5, 0.6) is 0 Å². The van der Waals surface area contributed by atoms with Gasteiger partial charge in [0.1, 0.15) is 11.2 Å². The summed E-state index contributed by atoms with van der Waals surface area (Å²) in [6.45, 7) is 2.22. The molecule has 0 aliphatic carbocycles. The van der Waals surface area contributed by atoms with Crippen LogP contribution in [0.1, 0.15) is 12.5 Å². The zero-order valence-electron chi connectivity index (χ0n) is 18.4. The van der Waals surface area contributed by atoms with Crippen molar-refractivity contribution in [1.82, 2.24) is 0 Å². The second-order valence-corrected chi connectivity index (χ2v) is 8.85. The molecular weight excluding hydrogens is 400 g/mol. The van der Waals surface area contributed by atoms with Gasteiger partial charge in [-0.1, -0.05) is 85.8 Å². The lowest BCUT2D eigenvalue weighted by Gasteiger charge is -2.13. The first kappa shape index (κ1) is 18.5. The van der Waals surface area contributed by atoms with Crippen LogP contribution in [0.3, 0.4) is 0 Å². The van der Waals surface area contributed by atoms with E-state index in [9.17, 15) is 0 Å². The molecule has 6 aromatic carbocycles. The van der Waals surface area contributed by atoms with E-state index in [2.05, 4.69) is 97.9 Å². The van der Waals surface area contributed by atoms with Crippen LogP contribution in [-0.2, 0) is 6.42 Å². The molecule has 156 valence electrons. The fourth-order valence-corrected chi connectivity index (χ4v) is 5.31. The van der Waals surface area contributed by atoms with Crippen LogP contribution in [0.2, 0.25) is 0 Å². The van der Waals surface area contributed by atoms with Gasteiger partial charge in [0.25, 0.3) is 0 Å². The molecule has 1 heteroatoms. The van der Waals surface area contributed by atoms with Crippen molar-refractivity contribution < 1.29 is 4.42 Å². The van der Waals surface area contributed by atoms with Gasteiger partial charge in [0.15, 0.2) is 0 Å². The van der Waals surface area contributed by atoms with E-state index in [0.29, 0.717) is 0 Å². The second kappa shape index (κ2) is 6.95. The minimum Gasteiger partial charge on any atom is -0.456 e. The molecule has 7 rings (SSSR count). The molecular formula is C32H22O. The van der Waals surface area contributed by atoms with Crippen molar-refractivity contribution in [2.45, 2.75) is 13.3 Å². The molecule has 0 aliphatic rings. The normalized spacial score (nSPS) is 11.9. The van der Waals surface area contributed by atoms with E-state index in [1.165, 1.54) is 59.8 Å². The van der Waals surface area contributed by atoms with Crippen molar-refractivity contribution in [2.75, 3.05) is 0 Å². The van der Waals surface area contributed by atoms with Gasteiger partial charge >= 0.3 is 0 Å². The molecule has 0 N–H and O–H groups in total. The molecule has 0 atom stereocenters. The summed E-state index contributed by atoms with van der Waals surface area (Å²) in [4.78, 5) is 0. The largest absolute Gasteiger partial charge is 0.456 e. The topological polar surface area (TPSA) is 13.1 Å². The predicted molar refractivity (Wildman–Crippen MR) is 141 cm³/mol. The molecule has 0 spiro atoms. The summed E-state index contributed by atoms with van der Waals surface area (Å²) in [5.74, 6) is 0. The maximum atomic E-state index is 6.15. The van der Waals surface area contributed by atoms with E-state index < -0.39 is 0 Å². The lowest BCUT2D eigenvalue weighted by Crippen LogP contribution is -1.87. The SMILES string of the molecule is CCc1ccc2c3ccc(-c4ccc5c(c4)oc4ccccc45)cc3c3ccccc3c2c1. The zero-order valence-corrected chi connectivity index (χ0v) is 18.4. The van der Waals surface area contributed by atoms with Crippen LogP contribution in [0, 0.1) is 0 Å². The smallest absolute Gasteiger partial charge is 0.136 e. The average Bonchev–Trinajstić information content (AvgIpc) is 3.26. The molecule has 0 aliphatic heterocycles. The summed E-state index contributed by atoms with van der Waals surface area (Å²) in [6, 6.07) is 37.4. The van der Waals surface area contributed by atoms with Crippen molar-refractivity contribution in [3.05, 3.63) is 109 Å². The number of hydrogen-bond donors (Lipinski definition) is 0. The Bertz CT molecular complexity index is 1830. The Labute approximate surface area is 191 Å². The van der Waals surface area contributed by atoms with E-state index in [0.717, 1.165) is 17.6 Å². The van der Waals surface area contributed by atoms with E-state index in [1.54, 1.807) is 0 Å². The third kappa shape index (κ3) is 2.72. The van der Waals surface area contributed by atoms with E-state index in [4.69, 9.17) is 4.42 Å². The van der Waals surface area contributed by atoms with Crippen LogP contribution in [0.15, 0.2) is 108 Å². The minimum absolute atomic E-state index is 0.935. The van der Waals surface area contributed by atoms with Crippen LogP contribution >= 0.6 is 0 Å².